The molecule has 3 rings (SSSR count). The molecule has 0 saturated carbocycles. The second kappa shape index (κ2) is 10.4. The first-order valence-electron chi connectivity index (χ1n) is 8.78. The Balaban J connectivity index is 0.00000261. The van der Waals surface area contributed by atoms with Crippen molar-refractivity contribution in [3.05, 3.63) is 48.6 Å². The molecule has 27 heavy (non-hydrogen) atoms. The maximum atomic E-state index is 13.9. The van der Waals surface area contributed by atoms with Gasteiger partial charge in [-0.25, -0.2) is 13.8 Å². The van der Waals surface area contributed by atoms with Crippen LogP contribution < -0.4 is 15.5 Å². The van der Waals surface area contributed by atoms with Crippen LogP contribution in [0.15, 0.2) is 41.9 Å². The number of nitrogens with zero attached hydrogens (tertiary/aromatic N) is 4. The van der Waals surface area contributed by atoms with Crippen molar-refractivity contribution in [2.45, 2.75) is 25.4 Å². The number of halogens is 3. The summed E-state index contributed by atoms with van der Waals surface area (Å²) in [4.78, 5) is 10.2. The third-order valence-corrected chi connectivity index (χ3v) is 4.45. The molecule has 2 N–H and O–H groups in total. The van der Waals surface area contributed by atoms with E-state index in [4.69, 9.17) is 0 Å². The smallest absolute Gasteiger partial charge is 0.191 e. The number of aliphatic imine (C=N–C) groups is 1. The molecule has 9 heteroatoms. The Kier molecular flexibility index (Phi) is 8.26. The lowest BCUT2D eigenvalue weighted by atomic mass is 10.2. The van der Waals surface area contributed by atoms with Crippen molar-refractivity contribution in [1.29, 1.82) is 0 Å². The predicted molar refractivity (Wildman–Crippen MR) is 114 cm³/mol. The molecular weight excluding hydrogens is 465 g/mol. The van der Waals surface area contributed by atoms with Gasteiger partial charge in [-0.3, -0.25) is 4.99 Å². The summed E-state index contributed by atoms with van der Waals surface area (Å²) in [5.41, 5.74) is 0.443. The second-order valence-electron chi connectivity index (χ2n) is 6.32. The van der Waals surface area contributed by atoms with Crippen molar-refractivity contribution in [2.75, 3.05) is 31.6 Å². The lowest BCUT2D eigenvalue weighted by Gasteiger charge is -2.21. The molecule has 0 spiro atoms. The van der Waals surface area contributed by atoms with E-state index in [1.165, 1.54) is 12.1 Å². The number of hydrogen-bond donors (Lipinski definition) is 2. The first-order chi connectivity index (χ1) is 12.7. The minimum Gasteiger partial charge on any atom is -0.367 e. The van der Waals surface area contributed by atoms with E-state index in [2.05, 4.69) is 20.6 Å². The van der Waals surface area contributed by atoms with E-state index in [9.17, 15) is 8.78 Å². The van der Waals surface area contributed by atoms with Crippen LogP contribution in [0, 0.1) is 11.6 Å². The number of imidazole rings is 1. The fourth-order valence-electron chi connectivity index (χ4n) is 3.11. The summed E-state index contributed by atoms with van der Waals surface area (Å²) in [7, 11) is 1.73. The fourth-order valence-corrected chi connectivity index (χ4v) is 3.11. The number of anilines is 1. The normalized spacial score (nSPS) is 16.9. The Morgan fingerprint density at radius 3 is 2.93 bits per heavy atom. The van der Waals surface area contributed by atoms with Gasteiger partial charge in [-0.1, -0.05) is 0 Å². The van der Waals surface area contributed by atoms with E-state index in [0.29, 0.717) is 12.2 Å². The summed E-state index contributed by atoms with van der Waals surface area (Å²) in [5.74, 6) is -0.338. The Labute approximate surface area is 175 Å². The summed E-state index contributed by atoms with van der Waals surface area (Å²) in [6.07, 6.45) is 7.33. The van der Waals surface area contributed by atoms with Gasteiger partial charge in [0.05, 0.1) is 12.0 Å². The van der Waals surface area contributed by atoms with Crippen LogP contribution in [-0.4, -0.2) is 48.2 Å². The molecule has 1 aliphatic heterocycles. The van der Waals surface area contributed by atoms with Crippen LogP contribution in [-0.2, 0) is 6.54 Å². The summed E-state index contributed by atoms with van der Waals surface area (Å²) in [5, 5.41) is 6.67. The van der Waals surface area contributed by atoms with E-state index >= 15 is 0 Å². The van der Waals surface area contributed by atoms with E-state index in [1.807, 2.05) is 15.7 Å². The number of hydrogen-bond acceptors (Lipinski definition) is 3. The number of nitrogens with one attached hydrogen (secondary N) is 2. The van der Waals surface area contributed by atoms with Gasteiger partial charge in [-0.05, 0) is 25.0 Å². The van der Waals surface area contributed by atoms with Gasteiger partial charge in [0.2, 0.25) is 0 Å². The monoisotopic (exact) mass is 490 g/mol. The fraction of sp³-hybridized carbons (Fsp3) is 0.444. The molecule has 0 radical (unpaired) electrons. The van der Waals surface area contributed by atoms with Gasteiger partial charge in [0.25, 0.3) is 0 Å². The summed E-state index contributed by atoms with van der Waals surface area (Å²) >= 11 is 0. The molecule has 0 bridgehead atoms. The summed E-state index contributed by atoms with van der Waals surface area (Å²) < 4.78 is 29.0. The van der Waals surface area contributed by atoms with Gasteiger partial charge in [0.15, 0.2) is 5.96 Å². The van der Waals surface area contributed by atoms with E-state index < -0.39 is 11.6 Å². The Morgan fingerprint density at radius 2 is 2.22 bits per heavy atom. The third-order valence-electron chi connectivity index (χ3n) is 4.45. The topological polar surface area (TPSA) is 57.5 Å². The SMILES string of the molecule is CN=C(NCCCn1ccnc1)NC1CCN(c2ccc(F)cc2F)C1.I. The van der Waals surface area contributed by atoms with E-state index in [1.54, 1.807) is 19.6 Å². The summed E-state index contributed by atoms with van der Waals surface area (Å²) in [6, 6.07) is 3.88. The number of guanidine groups is 1. The number of rotatable bonds is 6. The molecule has 6 nitrogen and oxygen atoms in total. The molecule has 1 fully saturated rings. The third kappa shape index (κ3) is 6.05. The Hall–Kier alpha value is -1.91. The van der Waals surface area contributed by atoms with Gasteiger partial charge in [-0.15, -0.1) is 24.0 Å². The number of aromatic nitrogens is 2. The van der Waals surface area contributed by atoms with Crippen LogP contribution in [0.1, 0.15) is 12.8 Å². The molecule has 2 heterocycles. The van der Waals surface area contributed by atoms with Crippen molar-refractivity contribution in [2.24, 2.45) is 4.99 Å². The minimum absolute atomic E-state index is 0. The second-order valence-corrected chi connectivity index (χ2v) is 6.32. The molecule has 1 unspecified atom stereocenters. The van der Waals surface area contributed by atoms with Gasteiger partial charge in [0, 0.05) is 57.7 Å². The highest BCUT2D eigenvalue weighted by molar-refractivity contribution is 14.0. The van der Waals surface area contributed by atoms with Crippen molar-refractivity contribution in [3.63, 3.8) is 0 Å². The van der Waals surface area contributed by atoms with Crippen LogP contribution in [0.2, 0.25) is 0 Å². The predicted octanol–water partition coefficient (Wildman–Crippen LogP) is 2.61. The first-order valence-corrected chi connectivity index (χ1v) is 8.78. The molecule has 148 valence electrons. The molecule has 1 atom stereocenters. The zero-order valence-corrected chi connectivity index (χ0v) is 17.6. The van der Waals surface area contributed by atoms with Gasteiger partial charge in [-0.2, -0.15) is 0 Å². The van der Waals surface area contributed by atoms with E-state index in [0.717, 1.165) is 44.5 Å². The molecule has 1 saturated heterocycles. The van der Waals surface area contributed by atoms with Crippen LogP contribution >= 0.6 is 24.0 Å². The Bertz CT molecular complexity index is 737. The molecule has 0 aliphatic carbocycles. The molecule has 1 aromatic carbocycles. The molecule has 2 aromatic rings. The number of benzene rings is 1. The number of aryl methyl sites for hydroxylation is 1. The lowest BCUT2D eigenvalue weighted by Crippen LogP contribution is -2.45. The van der Waals surface area contributed by atoms with Gasteiger partial charge < -0.3 is 20.1 Å². The van der Waals surface area contributed by atoms with Crippen molar-refractivity contribution in [1.82, 2.24) is 20.2 Å². The maximum Gasteiger partial charge on any atom is 0.191 e. The average molecular weight is 490 g/mol. The van der Waals surface area contributed by atoms with Gasteiger partial charge in [0.1, 0.15) is 11.6 Å². The highest BCUT2D eigenvalue weighted by atomic mass is 127. The zero-order valence-electron chi connectivity index (χ0n) is 15.2. The first kappa shape index (κ1) is 21.4. The average Bonchev–Trinajstić information content (AvgIpc) is 3.29. The standard InChI is InChI=1S/C18H24F2N6.HI/c1-21-18(23-6-2-8-25-10-7-22-13-25)24-15-5-9-26(12-15)17-4-3-14(19)11-16(17)20;/h3-4,7,10-11,13,15H,2,5-6,8-9,12H2,1H3,(H2,21,23,24);1H. The Morgan fingerprint density at radius 1 is 1.37 bits per heavy atom. The quantitative estimate of drug-likeness (QED) is 0.283. The zero-order chi connectivity index (χ0) is 18.4. The van der Waals surface area contributed by atoms with Crippen LogP contribution in [0.5, 0.6) is 0 Å². The molecular formula is C18H25F2IN6. The van der Waals surface area contributed by atoms with Crippen LogP contribution in [0.3, 0.4) is 0 Å². The van der Waals surface area contributed by atoms with Gasteiger partial charge >= 0.3 is 0 Å². The van der Waals surface area contributed by atoms with E-state index in [-0.39, 0.29) is 30.0 Å². The van der Waals surface area contributed by atoms with Crippen LogP contribution in [0.4, 0.5) is 14.5 Å². The molecule has 1 aromatic heterocycles. The highest BCUT2D eigenvalue weighted by Gasteiger charge is 2.25. The maximum absolute atomic E-state index is 13.9. The van der Waals surface area contributed by atoms with Crippen molar-refractivity contribution < 1.29 is 8.78 Å². The molecule has 1 aliphatic rings. The van der Waals surface area contributed by atoms with Crippen LogP contribution in [0.25, 0.3) is 0 Å². The largest absolute Gasteiger partial charge is 0.367 e. The van der Waals surface area contributed by atoms with Crippen molar-refractivity contribution >= 4 is 35.6 Å². The highest BCUT2D eigenvalue weighted by Crippen LogP contribution is 2.24. The molecule has 0 amide bonds. The summed E-state index contributed by atoms with van der Waals surface area (Å²) in [6.45, 7) is 3.06. The lowest BCUT2D eigenvalue weighted by molar-refractivity contribution is 0.580. The minimum atomic E-state index is -0.555. The van der Waals surface area contributed by atoms with Crippen molar-refractivity contribution in [3.8, 4) is 0 Å².